The van der Waals surface area contributed by atoms with Gasteiger partial charge in [0.1, 0.15) is 0 Å². The largest absolute Gasteiger partial charge is 0.465 e. The Labute approximate surface area is 140 Å². The maximum absolute atomic E-state index is 12.9. The lowest BCUT2D eigenvalue weighted by Gasteiger charge is -2.23. The van der Waals surface area contributed by atoms with E-state index in [0.29, 0.717) is 31.3 Å². The van der Waals surface area contributed by atoms with Gasteiger partial charge in [-0.2, -0.15) is 4.98 Å². The molecule has 1 aromatic heterocycles. The lowest BCUT2D eigenvalue weighted by atomic mass is 10.1. The van der Waals surface area contributed by atoms with Crippen molar-refractivity contribution < 1.29 is 19.0 Å². The number of aromatic nitrogens is 2. The van der Waals surface area contributed by atoms with Crippen LogP contribution in [-0.4, -0.2) is 66.9 Å². The molecule has 7 nitrogen and oxygen atoms in total. The van der Waals surface area contributed by atoms with E-state index in [1.165, 1.54) is 0 Å². The van der Waals surface area contributed by atoms with Gasteiger partial charge in [-0.15, -0.1) is 0 Å². The Bertz CT molecular complexity index is 715. The van der Waals surface area contributed by atoms with Gasteiger partial charge < -0.3 is 24.1 Å². The number of ether oxygens (including phenoxy) is 3. The first-order valence-electron chi connectivity index (χ1n) is 8.11. The van der Waals surface area contributed by atoms with Crippen LogP contribution in [0.15, 0.2) is 18.2 Å². The second kappa shape index (κ2) is 7.19. The molecule has 1 aromatic carbocycles. The fourth-order valence-corrected chi connectivity index (χ4v) is 3.13. The summed E-state index contributed by atoms with van der Waals surface area (Å²) in [5.41, 5.74) is 2.18. The number of nitrogens with zero attached hydrogens (tertiary/aromatic N) is 2. The molecule has 0 radical (unpaired) electrons. The average Bonchev–Trinajstić information content (AvgIpc) is 3.17. The van der Waals surface area contributed by atoms with Crippen molar-refractivity contribution in [1.29, 1.82) is 0 Å². The van der Waals surface area contributed by atoms with Gasteiger partial charge in [-0.1, -0.05) is 0 Å². The Morgan fingerprint density at radius 1 is 1.42 bits per heavy atom. The van der Waals surface area contributed by atoms with Crippen LogP contribution in [0.25, 0.3) is 11.0 Å². The van der Waals surface area contributed by atoms with Crippen LogP contribution in [0.5, 0.6) is 6.01 Å². The quantitative estimate of drug-likeness (QED) is 0.873. The molecule has 1 aliphatic heterocycles. The van der Waals surface area contributed by atoms with E-state index in [1.54, 1.807) is 20.3 Å². The van der Waals surface area contributed by atoms with Crippen molar-refractivity contribution in [2.45, 2.75) is 25.5 Å². The highest BCUT2D eigenvalue weighted by Gasteiger charge is 2.35. The molecule has 1 N–H and O–H groups in total. The van der Waals surface area contributed by atoms with E-state index in [0.717, 1.165) is 17.5 Å². The van der Waals surface area contributed by atoms with Crippen molar-refractivity contribution in [1.82, 2.24) is 14.9 Å². The van der Waals surface area contributed by atoms with Crippen LogP contribution in [-0.2, 0) is 9.47 Å². The standard InChI is InChI=1S/C17H23N3O4/c1-4-24-17-18-14-6-5-11(7-15(14)19-17)16(21)20-9-13(23-3)8-12(20)10-22-2/h5-7,12-13H,4,8-10H2,1-3H3,(H,18,19)/t12-,13-/m0/s1. The van der Waals surface area contributed by atoms with E-state index in [1.807, 2.05) is 24.0 Å². The number of rotatable bonds is 6. The monoisotopic (exact) mass is 333 g/mol. The molecule has 1 fully saturated rings. The number of methoxy groups -OCH3 is 2. The molecule has 7 heteroatoms. The van der Waals surface area contributed by atoms with Gasteiger partial charge >= 0.3 is 0 Å². The number of fused-ring (bicyclic) bond motifs is 1. The molecular weight excluding hydrogens is 310 g/mol. The number of carbonyl (C=O) groups excluding carboxylic acids is 1. The number of hydrogen-bond acceptors (Lipinski definition) is 5. The summed E-state index contributed by atoms with van der Waals surface area (Å²) in [5, 5.41) is 0. The summed E-state index contributed by atoms with van der Waals surface area (Å²) in [5.74, 6) is -0.0222. The minimum atomic E-state index is -0.0222. The number of carbonyl (C=O) groups is 1. The average molecular weight is 333 g/mol. The van der Waals surface area contributed by atoms with Gasteiger partial charge in [0.2, 0.25) is 0 Å². The minimum Gasteiger partial charge on any atom is -0.465 e. The van der Waals surface area contributed by atoms with E-state index in [9.17, 15) is 4.79 Å². The van der Waals surface area contributed by atoms with E-state index in [-0.39, 0.29) is 18.1 Å². The molecule has 0 spiro atoms. The fourth-order valence-electron chi connectivity index (χ4n) is 3.13. The second-order valence-corrected chi connectivity index (χ2v) is 5.87. The SMILES string of the molecule is CCOc1nc2ccc(C(=O)N3C[C@@H](OC)C[C@H]3COC)cc2[nH]1. The molecule has 0 unspecified atom stereocenters. The van der Waals surface area contributed by atoms with Gasteiger partial charge in [-0.25, -0.2) is 0 Å². The van der Waals surface area contributed by atoms with Gasteiger partial charge in [0.25, 0.3) is 11.9 Å². The zero-order valence-corrected chi connectivity index (χ0v) is 14.2. The number of hydrogen-bond donors (Lipinski definition) is 1. The van der Waals surface area contributed by atoms with E-state index < -0.39 is 0 Å². The highest BCUT2D eigenvalue weighted by molar-refractivity contribution is 5.97. The van der Waals surface area contributed by atoms with Crippen LogP contribution in [0.1, 0.15) is 23.7 Å². The number of imidazole rings is 1. The van der Waals surface area contributed by atoms with Crippen molar-refractivity contribution in [3.8, 4) is 6.01 Å². The third-order valence-electron chi connectivity index (χ3n) is 4.32. The second-order valence-electron chi connectivity index (χ2n) is 5.87. The summed E-state index contributed by atoms with van der Waals surface area (Å²) >= 11 is 0. The molecule has 0 aliphatic carbocycles. The predicted octanol–water partition coefficient (Wildman–Crippen LogP) is 1.84. The minimum absolute atomic E-state index is 0.0222. The summed E-state index contributed by atoms with van der Waals surface area (Å²) in [6.07, 6.45) is 0.839. The van der Waals surface area contributed by atoms with Crippen molar-refractivity contribution in [3.05, 3.63) is 23.8 Å². The van der Waals surface area contributed by atoms with Gasteiger partial charge in [0.15, 0.2) is 0 Å². The molecule has 130 valence electrons. The number of likely N-dealkylation sites (tertiary alicyclic amines) is 1. The van der Waals surface area contributed by atoms with Crippen LogP contribution in [0, 0.1) is 0 Å². The molecule has 2 atom stereocenters. The first-order chi connectivity index (χ1) is 11.7. The smallest absolute Gasteiger partial charge is 0.294 e. The molecule has 24 heavy (non-hydrogen) atoms. The molecule has 0 saturated carbocycles. The van der Waals surface area contributed by atoms with Crippen molar-refractivity contribution >= 4 is 16.9 Å². The first kappa shape index (κ1) is 16.7. The Hall–Kier alpha value is -2.12. The number of nitrogens with one attached hydrogen (secondary N) is 1. The van der Waals surface area contributed by atoms with Gasteiger partial charge in [0, 0.05) is 26.3 Å². The zero-order valence-electron chi connectivity index (χ0n) is 14.2. The third-order valence-corrected chi connectivity index (χ3v) is 4.32. The summed E-state index contributed by atoms with van der Waals surface area (Å²) in [4.78, 5) is 22.2. The third kappa shape index (κ3) is 3.22. The lowest BCUT2D eigenvalue weighted by Crippen LogP contribution is -2.38. The Morgan fingerprint density at radius 2 is 2.25 bits per heavy atom. The zero-order chi connectivity index (χ0) is 17.1. The normalized spacial score (nSPS) is 20.7. The maximum Gasteiger partial charge on any atom is 0.294 e. The molecule has 2 heterocycles. The number of aromatic amines is 1. The number of H-pyrrole nitrogens is 1. The van der Waals surface area contributed by atoms with E-state index in [2.05, 4.69) is 9.97 Å². The van der Waals surface area contributed by atoms with Gasteiger partial charge in [-0.3, -0.25) is 4.79 Å². The van der Waals surface area contributed by atoms with Crippen LogP contribution in [0.3, 0.4) is 0 Å². The molecular formula is C17H23N3O4. The Morgan fingerprint density at radius 3 is 2.96 bits per heavy atom. The fraction of sp³-hybridized carbons (Fsp3) is 0.529. The van der Waals surface area contributed by atoms with Crippen LogP contribution in [0.4, 0.5) is 0 Å². The van der Waals surface area contributed by atoms with Crippen LogP contribution < -0.4 is 4.74 Å². The number of benzene rings is 1. The molecule has 1 aliphatic rings. The lowest BCUT2D eigenvalue weighted by molar-refractivity contribution is 0.0612. The van der Waals surface area contributed by atoms with Crippen LogP contribution >= 0.6 is 0 Å². The highest BCUT2D eigenvalue weighted by atomic mass is 16.5. The molecule has 2 aromatic rings. The molecule has 3 rings (SSSR count). The predicted molar refractivity (Wildman–Crippen MR) is 89.4 cm³/mol. The Balaban J connectivity index is 1.84. The maximum atomic E-state index is 12.9. The summed E-state index contributed by atoms with van der Waals surface area (Å²) < 4.78 is 16.0. The van der Waals surface area contributed by atoms with E-state index >= 15 is 0 Å². The summed E-state index contributed by atoms with van der Waals surface area (Å²) in [6.45, 7) is 3.52. The van der Waals surface area contributed by atoms with Crippen molar-refractivity contribution in [2.24, 2.45) is 0 Å². The Kier molecular flexibility index (Phi) is 5.01. The van der Waals surface area contributed by atoms with Crippen molar-refractivity contribution in [2.75, 3.05) is 34.0 Å². The van der Waals surface area contributed by atoms with Gasteiger partial charge in [-0.05, 0) is 31.5 Å². The molecule has 0 bridgehead atoms. The molecule has 1 amide bonds. The first-order valence-corrected chi connectivity index (χ1v) is 8.11. The van der Waals surface area contributed by atoms with Crippen LogP contribution in [0.2, 0.25) is 0 Å². The van der Waals surface area contributed by atoms with E-state index in [4.69, 9.17) is 14.2 Å². The van der Waals surface area contributed by atoms with Gasteiger partial charge in [0.05, 0.1) is 36.4 Å². The molecule has 1 saturated heterocycles. The highest BCUT2D eigenvalue weighted by Crippen LogP contribution is 2.24. The summed E-state index contributed by atoms with van der Waals surface area (Å²) in [7, 11) is 3.32. The number of amides is 1. The topological polar surface area (TPSA) is 76.7 Å². The van der Waals surface area contributed by atoms with Crippen molar-refractivity contribution in [3.63, 3.8) is 0 Å². The summed E-state index contributed by atoms with van der Waals surface area (Å²) in [6, 6.07) is 5.94.